The number of anilines is 2. The highest BCUT2D eigenvalue weighted by atomic mass is 35.5. The van der Waals surface area contributed by atoms with Crippen molar-refractivity contribution >= 4 is 35.1 Å². The molecule has 0 amide bonds. The fourth-order valence-corrected chi connectivity index (χ4v) is 2.55. The molecule has 0 saturated heterocycles. The maximum Gasteiger partial charge on any atom is 0.221 e. The van der Waals surface area contributed by atoms with Gasteiger partial charge in [0.25, 0.3) is 0 Å². The van der Waals surface area contributed by atoms with Gasteiger partial charge in [-0.15, -0.1) is 12.4 Å². The molecule has 4 rings (SSSR count). The van der Waals surface area contributed by atoms with Gasteiger partial charge in [-0.3, -0.25) is 4.98 Å². The molecule has 1 aromatic carbocycles. The number of rotatable bonds is 3. The Kier molecular flexibility index (Phi) is 7.41. The molecule has 0 saturated carbocycles. The van der Waals surface area contributed by atoms with E-state index < -0.39 is 0 Å². The van der Waals surface area contributed by atoms with Gasteiger partial charge in [0.1, 0.15) is 23.4 Å². The Bertz CT molecular complexity index is 1000. The minimum absolute atomic E-state index is 0. The number of pyridine rings is 1. The van der Waals surface area contributed by atoms with Crippen molar-refractivity contribution < 1.29 is 4.74 Å². The Morgan fingerprint density at radius 3 is 2.32 bits per heavy atom. The van der Waals surface area contributed by atoms with E-state index >= 15 is 0 Å². The fraction of sp³-hybridized carbons (Fsp3) is 0.105. The zero-order valence-corrected chi connectivity index (χ0v) is 16.0. The number of fused-ring (bicyclic) bond motifs is 1. The molecule has 4 N–H and O–H groups in total. The molecule has 0 radical (unpaired) electrons. The number of nitrogens with two attached hydrogens (primary N) is 2. The first-order valence-electron chi connectivity index (χ1n) is 8.16. The molecule has 3 heterocycles. The van der Waals surface area contributed by atoms with Crippen LogP contribution < -0.4 is 16.2 Å². The number of benzene rings is 1. The zero-order valence-electron chi connectivity index (χ0n) is 15.2. The summed E-state index contributed by atoms with van der Waals surface area (Å²) in [5.74, 6) is 1.32. The van der Waals surface area contributed by atoms with E-state index in [1.54, 1.807) is 38.0 Å². The number of hydrogen-bond acceptors (Lipinski definition) is 8. The summed E-state index contributed by atoms with van der Waals surface area (Å²) < 4.78 is 5.34. The molecule has 0 fully saturated rings. The van der Waals surface area contributed by atoms with Crippen molar-refractivity contribution in [2.45, 2.75) is 6.42 Å². The van der Waals surface area contributed by atoms with Crippen LogP contribution in [0.15, 0.2) is 61.4 Å². The van der Waals surface area contributed by atoms with E-state index in [4.69, 9.17) is 16.2 Å². The lowest BCUT2D eigenvalue weighted by molar-refractivity contribution is 0.419. The maximum atomic E-state index is 5.90. The van der Waals surface area contributed by atoms with Crippen molar-refractivity contribution in [3.63, 3.8) is 0 Å². The van der Waals surface area contributed by atoms with Crippen LogP contribution in [0.3, 0.4) is 0 Å². The first-order valence-corrected chi connectivity index (χ1v) is 8.16. The van der Waals surface area contributed by atoms with Gasteiger partial charge in [0.05, 0.1) is 7.11 Å². The summed E-state index contributed by atoms with van der Waals surface area (Å²) in [6.07, 6.45) is 8.89. The standard InChI is InChI=1S/C15H15N5O.C4H4N2.ClH/c1-21-12-5-4-9(11-3-2-6-18-13(11)12)7-10-8-19-15(17)20-14(10)16;1-2-5-4-6-3-1;/h2-6,8H,7H2,1H3,(H4,16,17,19,20);1-4H;1H. The minimum atomic E-state index is 0. The minimum Gasteiger partial charge on any atom is -0.494 e. The fourth-order valence-electron chi connectivity index (χ4n) is 2.55. The van der Waals surface area contributed by atoms with Crippen LogP contribution in [0.5, 0.6) is 5.75 Å². The van der Waals surface area contributed by atoms with Crippen molar-refractivity contribution in [3.05, 3.63) is 72.6 Å². The Morgan fingerprint density at radius 2 is 1.71 bits per heavy atom. The van der Waals surface area contributed by atoms with Crippen molar-refractivity contribution in [3.8, 4) is 5.75 Å². The number of hydrogen-bond donors (Lipinski definition) is 2. The predicted octanol–water partition coefficient (Wildman–Crippen LogP) is 2.69. The molecule has 0 bridgehead atoms. The van der Waals surface area contributed by atoms with E-state index in [0.29, 0.717) is 12.2 Å². The van der Waals surface area contributed by atoms with E-state index in [-0.39, 0.29) is 18.4 Å². The molecule has 4 aromatic rings. The van der Waals surface area contributed by atoms with Gasteiger partial charge in [0.15, 0.2) is 0 Å². The van der Waals surface area contributed by atoms with Crippen LogP contribution in [-0.4, -0.2) is 32.0 Å². The van der Waals surface area contributed by atoms with Crippen molar-refractivity contribution in [2.24, 2.45) is 0 Å². The van der Waals surface area contributed by atoms with Gasteiger partial charge < -0.3 is 16.2 Å². The summed E-state index contributed by atoms with van der Waals surface area (Å²) in [7, 11) is 1.63. The summed E-state index contributed by atoms with van der Waals surface area (Å²) in [6, 6.07) is 9.58. The molecule has 0 spiro atoms. The Morgan fingerprint density at radius 1 is 0.929 bits per heavy atom. The Balaban J connectivity index is 0.000000344. The average Bonchev–Trinajstić information content (AvgIpc) is 2.72. The Labute approximate surface area is 168 Å². The molecule has 0 atom stereocenters. The van der Waals surface area contributed by atoms with E-state index in [0.717, 1.165) is 27.8 Å². The van der Waals surface area contributed by atoms with Gasteiger partial charge in [-0.05, 0) is 23.8 Å². The Hall–Kier alpha value is -3.52. The number of methoxy groups -OCH3 is 1. The summed E-state index contributed by atoms with van der Waals surface area (Å²) in [5, 5.41) is 1.02. The number of ether oxygens (including phenoxy) is 1. The monoisotopic (exact) mass is 397 g/mol. The van der Waals surface area contributed by atoms with Gasteiger partial charge in [-0.2, -0.15) is 4.98 Å². The topological polar surface area (TPSA) is 126 Å². The number of nitrogens with zero attached hydrogens (tertiary/aromatic N) is 5. The van der Waals surface area contributed by atoms with Crippen LogP contribution >= 0.6 is 12.4 Å². The van der Waals surface area contributed by atoms with Crippen LogP contribution in [0.1, 0.15) is 11.1 Å². The second-order valence-corrected chi connectivity index (χ2v) is 5.55. The van der Waals surface area contributed by atoms with Crippen LogP contribution in [0, 0.1) is 0 Å². The van der Waals surface area contributed by atoms with Crippen molar-refractivity contribution in [2.75, 3.05) is 18.6 Å². The van der Waals surface area contributed by atoms with E-state index in [1.807, 2.05) is 24.3 Å². The second-order valence-electron chi connectivity index (χ2n) is 5.55. The first kappa shape index (κ1) is 20.8. The van der Waals surface area contributed by atoms with Gasteiger partial charge in [-0.25, -0.2) is 15.0 Å². The highest BCUT2D eigenvalue weighted by molar-refractivity contribution is 5.87. The normalized spacial score (nSPS) is 9.75. The van der Waals surface area contributed by atoms with Gasteiger partial charge in [-0.1, -0.05) is 12.1 Å². The molecule has 8 nitrogen and oxygen atoms in total. The maximum absolute atomic E-state index is 5.90. The molecule has 3 aromatic heterocycles. The molecule has 144 valence electrons. The van der Waals surface area contributed by atoms with Crippen LogP contribution in [-0.2, 0) is 6.42 Å². The molecule has 28 heavy (non-hydrogen) atoms. The number of halogens is 1. The molecular weight excluding hydrogens is 378 g/mol. The quantitative estimate of drug-likeness (QED) is 0.540. The molecule has 0 aliphatic heterocycles. The van der Waals surface area contributed by atoms with E-state index in [9.17, 15) is 0 Å². The van der Waals surface area contributed by atoms with Crippen LogP contribution in [0.25, 0.3) is 10.9 Å². The third-order valence-electron chi connectivity index (χ3n) is 3.82. The third-order valence-corrected chi connectivity index (χ3v) is 3.82. The summed E-state index contributed by atoms with van der Waals surface area (Å²) in [6.45, 7) is 0. The van der Waals surface area contributed by atoms with Gasteiger partial charge in [0.2, 0.25) is 5.95 Å². The third kappa shape index (κ3) is 5.01. The second kappa shape index (κ2) is 9.98. The highest BCUT2D eigenvalue weighted by Gasteiger charge is 2.10. The number of nitrogen functional groups attached to an aromatic ring is 2. The molecular formula is C19H20ClN7O. The van der Waals surface area contributed by atoms with Crippen LogP contribution in [0.2, 0.25) is 0 Å². The highest BCUT2D eigenvalue weighted by Crippen LogP contribution is 2.28. The molecule has 9 heteroatoms. The summed E-state index contributed by atoms with van der Waals surface area (Å²) >= 11 is 0. The van der Waals surface area contributed by atoms with Gasteiger partial charge in [0, 0.05) is 42.2 Å². The van der Waals surface area contributed by atoms with Crippen molar-refractivity contribution in [1.82, 2.24) is 24.9 Å². The molecule has 0 aliphatic carbocycles. The largest absolute Gasteiger partial charge is 0.494 e. The average molecular weight is 398 g/mol. The first-order chi connectivity index (χ1) is 13.2. The summed E-state index contributed by atoms with van der Waals surface area (Å²) in [4.78, 5) is 19.7. The van der Waals surface area contributed by atoms with E-state index in [1.165, 1.54) is 6.33 Å². The van der Waals surface area contributed by atoms with Gasteiger partial charge >= 0.3 is 0 Å². The van der Waals surface area contributed by atoms with Crippen molar-refractivity contribution in [1.29, 1.82) is 0 Å². The summed E-state index contributed by atoms with van der Waals surface area (Å²) in [5.41, 5.74) is 14.2. The smallest absolute Gasteiger partial charge is 0.221 e. The number of aromatic nitrogens is 5. The predicted molar refractivity (Wildman–Crippen MR) is 111 cm³/mol. The molecule has 0 unspecified atom stereocenters. The SMILES string of the molecule is COc1ccc(Cc2cnc(N)nc2N)c2cccnc12.Cl.c1cncnc1. The zero-order chi connectivity index (χ0) is 19.1. The lowest BCUT2D eigenvalue weighted by Gasteiger charge is -2.10. The van der Waals surface area contributed by atoms with E-state index in [2.05, 4.69) is 24.9 Å². The lowest BCUT2D eigenvalue weighted by Crippen LogP contribution is -2.04. The van der Waals surface area contributed by atoms with Crippen LogP contribution in [0.4, 0.5) is 11.8 Å². The lowest BCUT2D eigenvalue weighted by atomic mass is 10.0. The molecule has 0 aliphatic rings.